The van der Waals surface area contributed by atoms with Crippen molar-refractivity contribution in [1.29, 1.82) is 0 Å². The van der Waals surface area contributed by atoms with Gasteiger partial charge in [0.1, 0.15) is 19.3 Å². The van der Waals surface area contributed by atoms with E-state index in [-0.39, 0.29) is 25.7 Å². The normalized spacial score (nSPS) is 13.8. The average Bonchev–Trinajstić information content (AvgIpc) is 0.900. The fraction of sp³-hybridized carbons (Fsp3) is 0.955. The standard InChI is InChI=1S/C89H174O17P2/c1-8-9-10-53-63-70-86(91)99-76-84(105-88(93)72-65-58-51-45-39-33-27-21-15-12-18-24-30-36-42-48-55-61-68-81(4)5)78-103-107(95,96)101-74-83(90)75-102-108(97,98)104-79-85(106-89(94)73-66-59-52-46-40-34-28-22-16-13-19-25-31-37-43-49-56-62-69-82(6)7)77-100-87(92)71-64-57-50-44-38-32-26-20-14-11-17-23-29-35-41-47-54-60-67-80(2)3/h80-85,90H,8-79H2,1-7H3,(H,95,96)(H,97,98)/t83-,84+,85+/m0/s1. The molecule has 0 radical (unpaired) electrons. The second kappa shape index (κ2) is 78.9. The molecule has 0 saturated carbocycles. The predicted octanol–water partition coefficient (Wildman–Crippen LogP) is 27.3. The van der Waals surface area contributed by atoms with Gasteiger partial charge in [-0.05, 0) is 43.4 Å². The van der Waals surface area contributed by atoms with Crippen LogP contribution in [-0.2, 0) is 65.4 Å². The highest BCUT2D eigenvalue weighted by Crippen LogP contribution is 2.45. The zero-order chi connectivity index (χ0) is 79.3. The third-order valence-corrected chi connectivity index (χ3v) is 22.8. The Balaban J connectivity index is 5.08. The number of unbranched alkanes of at least 4 members (excludes halogenated alkanes) is 55. The minimum Gasteiger partial charge on any atom is -0.462 e. The van der Waals surface area contributed by atoms with Crippen molar-refractivity contribution >= 4 is 39.5 Å². The summed E-state index contributed by atoms with van der Waals surface area (Å²) < 4.78 is 68.7. The number of phosphoric acid groups is 2. The number of hydrogen-bond acceptors (Lipinski definition) is 15. The lowest BCUT2D eigenvalue weighted by Gasteiger charge is -2.21. The first-order valence-corrected chi connectivity index (χ1v) is 48.8. The molecule has 2 unspecified atom stereocenters. The van der Waals surface area contributed by atoms with Crippen LogP contribution in [0.25, 0.3) is 0 Å². The molecule has 0 amide bonds. The van der Waals surface area contributed by atoms with Crippen molar-refractivity contribution in [3.8, 4) is 0 Å². The molecule has 0 aromatic rings. The number of rotatable bonds is 87. The third kappa shape index (κ3) is 82.1. The van der Waals surface area contributed by atoms with Gasteiger partial charge < -0.3 is 33.8 Å². The molecule has 0 aliphatic carbocycles. The van der Waals surface area contributed by atoms with Gasteiger partial charge in [0.25, 0.3) is 0 Å². The molecule has 0 fully saturated rings. The van der Waals surface area contributed by atoms with Crippen LogP contribution in [0, 0.1) is 17.8 Å². The molecule has 0 bridgehead atoms. The summed E-state index contributed by atoms with van der Waals surface area (Å²) in [5.74, 6) is 0.351. The molecule has 5 atom stereocenters. The monoisotopic (exact) mass is 1580 g/mol. The van der Waals surface area contributed by atoms with Gasteiger partial charge in [-0.25, -0.2) is 9.13 Å². The third-order valence-electron chi connectivity index (χ3n) is 20.9. The van der Waals surface area contributed by atoms with Crippen molar-refractivity contribution in [2.24, 2.45) is 17.8 Å². The molecule has 0 aliphatic heterocycles. The van der Waals surface area contributed by atoms with E-state index >= 15 is 0 Å². The van der Waals surface area contributed by atoms with Crippen LogP contribution in [0.3, 0.4) is 0 Å². The van der Waals surface area contributed by atoms with E-state index in [0.717, 1.165) is 114 Å². The van der Waals surface area contributed by atoms with Gasteiger partial charge in [0, 0.05) is 25.7 Å². The maximum absolute atomic E-state index is 13.1. The molecule has 0 spiro atoms. The number of hydrogen-bond donors (Lipinski definition) is 3. The summed E-state index contributed by atoms with van der Waals surface area (Å²) in [6.45, 7) is 12.0. The molecule has 0 aromatic heterocycles. The molecule has 0 aliphatic rings. The molecule has 108 heavy (non-hydrogen) atoms. The van der Waals surface area contributed by atoms with Crippen molar-refractivity contribution in [1.82, 2.24) is 0 Å². The van der Waals surface area contributed by atoms with Gasteiger partial charge in [0.2, 0.25) is 0 Å². The van der Waals surface area contributed by atoms with Gasteiger partial charge >= 0.3 is 39.5 Å². The summed E-state index contributed by atoms with van der Waals surface area (Å²) in [6.07, 6.45) is 71.5. The van der Waals surface area contributed by atoms with Crippen LogP contribution in [0.15, 0.2) is 0 Å². The van der Waals surface area contributed by atoms with Crippen molar-refractivity contribution in [3.63, 3.8) is 0 Å². The largest absolute Gasteiger partial charge is 0.472 e. The lowest BCUT2D eigenvalue weighted by Crippen LogP contribution is -2.30. The number of aliphatic hydroxyl groups excluding tert-OH is 1. The van der Waals surface area contributed by atoms with E-state index in [9.17, 15) is 43.2 Å². The van der Waals surface area contributed by atoms with Crippen LogP contribution in [0.4, 0.5) is 0 Å². The minimum atomic E-state index is -4.97. The first-order chi connectivity index (χ1) is 52.2. The number of aliphatic hydroxyl groups is 1. The number of ether oxygens (including phenoxy) is 4. The second-order valence-electron chi connectivity index (χ2n) is 33.4. The van der Waals surface area contributed by atoms with Crippen LogP contribution < -0.4 is 0 Å². The van der Waals surface area contributed by atoms with Gasteiger partial charge in [-0.2, -0.15) is 0 Å². The number of carbonyl (C=O) groups excluding carboxylic acids is 4. The maximum Gasteiger partial charge on any atom is 0.472 e. The Morgan fingerprint density at radius 3 is 0.630 bits per heavy atom. The topological polar surface area (TPSA) is 237 Å². The van der Waals surface area contributed by atoms with Crippen molar-refractivity contribution in [2.45, 2.75) is 491 Å². The highest BCUT2D eigenvalue weighted by atomic mass is 31.2. The van der Waals surface area contributed by atoms with E-state index in [1.807, 2.05) is 0 Å². The molecular formula is C89H174O17P2. The molecule has 0 saturated heterocycles. The van der Waals surface area contributed by atoms with Crippen LogP contribution >= 0.6 is 15.6 Å². The Labute approximate surface area is 664 Å². The van der Waals surface area contributed by atoms with Gasteiger partial charge in [0.05, 0.1) is 26.4 Å². The van der Waals surface area contributed by atoms with Crippen LogP contribution in [0.5, 0.6) is 0 Å². The molecule has 0 rings (SSSR count). The Kier molecular flexibility index (Phi) is 77.5. The van der Waals surface area contributed by atoms with E-state index in [0.29, 0.717) is 25.7 Å². The van der Waals surface area contributed by atoms with Crippen molar-refractivity contribution in [3.05, 3.63) is 0 Å². The summed E-state index contributed by atoms with van der Waals surface area (Å²) in [6, 6.07) is 0. The van der Waals surface area contributed by atoms with Crippen LogP contribution in [0.1, 0.15) is 472 Å². The quantitative estimate of drug-likeness (QED) is 0.0222. The fourth-order valence-electron chi connectivity index (χ4n) is 13.9. The van der Waals surface area contributed by atoms with E-state index in [1.54, 1.807) is 0 Å². The number of carbonyl (C=O) groups is 4. The first kappa shape index (κ1) is 106. The fourth-order valence-corrected chi connectivity index (χ4v) is 15.5. The van der Waals surface area contributed by atoms with Crippen molar-refractivity contribution in [2.75, 3.05) is 39.6 Å². The van der Waals surface area contributed by atoms with Gasteiger partial charge in [-0.3, -0.25) is 37.3 Å². The van der Waals surface area contributed by atoms with Crippen LogP contribution in [0.2, 0.25) is 0 Å². The molecule has 0 aromatic carbocycles. The van der Waals surface area contributed by atoms with Crippen LogP contribution in [-0.4, -0.2) is 96.7 Å². The Morgan fingerprint density at radius 2 is 0.426 bits per heavy atom. The predicted molar refractivity (Wildman–Crippen MR) is 446 cm³/mol. The zero-order valence-corrected chi connectivity index (χ0v) is 73.1. The van der Waals surface area contributed by atoms with Crippen molar-refractivity contribution < 1.29 is 80.2 Å². The molecule has 19 heteroatoms. The first-order valence-electron chi connectivity index (χ1n) is 45.8. The zero-order valence-electron chi connectivity index (χ0n) is 71.3. The number of phosphoric ester groups is 2. The second-order valence-corrected chi connectivity index (χ2v) is 36.3. The summed E-state index contributed by atoms with van der Waals surface area (Å²) >= 11 is 0. The SMILES string of the molecule is CCCCCCCC(=O)OC[C@H](COP(=O)(O)OC[C@H](O)COP(=O)(O)OC[C@@H](COC(=O)CCCCCCCCCCCCCCCCCCCCC(C)C)OC(=O)CCCCCCCCCCCCCCCCCCCCC(C)C)OC(=O)CCCCCCCCCCCCCCCCCCCCC(C)C. The summed E-state index contributed by atoms with van der Waals surface area (Å²) in [5.41, 5.74) is 0. The summed E-state index contributed by atoms with van der Waals surface area (Å²) in [5, 5.41) is 10.7. The van der Waals surface area contributed by atoms with E-state index in [4.69, 9.17) is 37.0 Å². The Bertz CT molecular complexity index is 2080. The Morgan fingerprint density at radius 1 is 0.250 bits per heavy atom. The van der Waals surface area contributed by atoms with E-state index < -0.39 is 97.5 Å². The lowest BCUT2D eigenvalue weighted by molar-refractivity contribution is -0.161. The van der Waals surface area contributed by atoms with E-state index in [2.05, 4.69) is 48.5 Å². The highest BCUT2D eigenvalue weighted by Gasteiger charge is 2.31. The molecule has 3 N–H and O–H groups in total. The molecule has 642 valence electrons. The molecule has 0 heterocycles. The van der Waals surface area contributed by atoms with Gasteiger partial charge in [-0.15, -0.1) is 0 Å². The summed E-state index contributed by atoms with van der Waals surface area (Å²) in [4.78, 5) is 73.0. The van der Waals surface area contributed by atoms with Gasteiger partial charge in [0.15, 0.2) is 12.2 Å². The smallest absolute Gasteiger partial charge is 0.462 e. The Hall–Kier alpha value is -1.94. The lowest BCUT2D eigenvalue weighted by atomic mass is 10.0. The maximum atomic E-state index is 13.1. The average molecular weight is 1580 g/mol. The summed E-state index contributed by atoms with van der Waals surface area (Å²) in [7, 11) is -9.92. The highest BCUT2D eigenvalue weighted by molar-refractivity contribution is 7.47. The van der Waals surface area contributed by atoms with Gasteiger partial charge in [-0.1, -0.05) is 421 Å². The molecular weight excluding hydrogens is 1400 g/mol. The number of esters is 4. The van der Waals surface area contributed by atoms with E-state index in [1.165, 1.54) is 276 Å². The molecule has 17 nitrogen and oxygen atoms in total. The minimum absolute atomic E-state index is 0.107.